The molecule has 0 radical (unpaired) electrons. The third kappa shape index (κ3) is 2.48. The lowest BCUT2D eigenvalue weighted by Gasteiger charge is -2.13. The van der Waals surface area contributed by atoms with Crippen LogP contribution in [-0.4, -0.2) is 35.3 Å². The number of hydrogen-bond acceptors (Lipinski definition) is 3. The molecule has 3 rings (SSSR count). The van der Waals surface area contributed by atoms with Crippen molar-refractivity contribution >= 4 is 39.7 Å². The minimum Gasteiger partial charge on any atom is -0.494 e. The summed E-state index contributed by atoms with van der Waals surface area (Å²) in [5.41, 5.74) is 1.44. The molecule has 5 heteroatoms. The first-order valence-electron chi connectivity index (χ1n) is 7.14. The highest BCUT2D eigenvalue weighted by molar-refractivity contribution is 7.80. The van der Waals surface area contributed by atoms with Gasteiger partial charge in [0.15, 0.2) is 0 Å². The van der Waals surface area contributed by atoms with Gasteiger partial charge in [0, 0.05) is 19.0 Å². The van der Waals surface area contributed by atoms with Gasteiger partial charge in [0.05, 0.1) is 6.61 Å². The minimum absolute atomic E-state index is 0.139. The number of ether oxygens (including phenoxy) is 1. The molecule has 22 heavy (non-hydrogen) atoms. The van der Waals surface area contributed by atoms with Crippen molar-refractivity contribution in [3.8, 4) is 5.75 Å². The summed E-state index contributed by atoms with van der Waals surface area (Å²) in [6.45, 7) is 2.52. The van der Waals surface area contributed by atoms with E-state index in [0.29, 0.717) is 23.9 Å². The number of carbonyl (C=O) groups is 1. The van der Waals surface area contributed by atoms with Crippen molar-refractivity contribution in [2.24, 2.45) is 4.99 Å². The van der Waals surface area contributed by atoms with Crippen molar-refractivity contribution in [2.45, 2.75) is 13.3 Å². The van der Waals surface area contributed by atoms with Gasteiger partial charge < -0.3 is 4.74 Å². The van der Waals surface area contributed by atoms with Crippen molar-refractivity contribution in [3.05, 3.63) is 42.0 Å². The van der Waals surface area contributed by atoms with E-state index in [1.54, 1.807) is 7.05 Å². The first kappa shape index (κ1) is 14.7. The monoisotopic (exact) mass is 312 g/mol. The molecule has 0 aliphatic carbocycles. The van der Waals surface area contributed by atoms with Crippen LogP contribution in [0.3, 0.4) is 0 Å². The molecule has 2 aromatic rings. The maximum atomic E-state index is 12.2. The second kappa shape index (κ2) is 5.85. The number of rotatable bonds is 4. The lowest BCUT2D eigenvalue weighted by atomic mass is 9.98. The van der Waals surface area contributed by atoms with Crippen LogP contribution in [0.2, 0.25) is 0 Å². The Morgan fingerprint density at radius 1 is 1.23 bits per heavy atom. The van der Waals surface area contributed by atoms with Crippen molar-refractivity contribution in [1.82, 2.24) is 4.90 Å². The van der Waals surface area contributed by atoms with E-state index in [1.165, 1.54) is 4.90 Å². The number of carbonyl (C=O) groups excluding carboxylic acids is 1. The van der Waals surface area contributed by atoms with Gasteiger partial charge in [0.2, 0.25) is 5.11 Å². The van der Waals surface area contributed by atoms with Crippen molar-refractivity contribution in [2.75, 3.05) is 13.7 Å². The average molecular weight is 312 g/mol. The van der Waals surface area contributed by atoms with E-state index < -0.39 is 0 Å². The lowest BCUT2D eigenvalue weighted by Crippen LogP contribution is -2.29. The first-order chi connectivity index (χ1) is 10.6. The predicted octanol–water partition coefficient (Wildman–Crippen LogP) is 2.98. The molecule has 1 heterocycles. The highest BCUT2D eigenvalue weighted by Crippen LogP contribution is 2.29. The summed E-state index contributed by atoms with van der Waals surface area (Å²) in [5, 5.41) is 2.51. The summed E-state index contributed by atoms with van der Waals surface area (Å²) in [6.07, 6.45) is 0.417. The van der Waals surface area contributed by atoms with E-state index >= 15 is 0 Å². The molecule has 2 aromatic carbocycles. The van der Waals surface area contributed by atoms with E-state index in [2.05, 4.69) is 4.99 Å². The number of nitrogens with zero attached hydrogens (tertiary/aromatic N) is 2. The molecule has 0 unspecified atom stereocenters. The molecule has 0 spiro atoms. The van der Waals surface area contributed by atoms with Crippen molar-refractivity contribution in [3.63, 3.8) is 0 Å². The zero-order valence-electron chi connectivity index (χ0n) is 12.5. The molecular formula is C17H16N2O2S. The van der Waals surface area contributed by atoms with Crippen LogP contribution in [-0.2, 0) is 11.2 Å². The van der Waals surface area contributed by atoms with Gasteiger partial charge in [-0.05, 0) is 36.0 Å². The Hall–Kier alpha value is -2.27. The topological polar surface area (TPSA) is 41.9 Å². The smallest absolute Gasteiger partial charge is 0.274 e. The van der Waals surface area contributed by atoms with Crippen molar-refractivity contribution < 1.29 is 9.53 Å². The molecule has 0 saturated carbocycles. The predicted molar refractivity (Wildman–Crippen MR) is 91.6 cm³/mol. The molecule has 4 nitrogen and oxygen atoms in total. The molecule has 0 N–H and O–H groups in total. The molecule has 0 bridgehead atoms. The highest BCUT2D eigenvalue weighted by Gasteiger charge is 2.28. The SMILES string of the molecule is CCOc1ccc2ccccc2c1CC1=NC(=S)N(C)C1=O. The van der Waals surface area contributed by atoms with E-state index in [0.717, 1.165) is 22.1 Å². The molecule has 0 aromatic heterocycles. The van der Waals surface area contributed by atoms with Gasteiger partial charge in [0.25, 0.3) is 5.91 Å². The van der Waals surface area contributed by atoms with E-state index in [1.807, 2.05) is 43.3 Å². The largest absolute Gasteiger partial charge is 0.494 e. The quantitative estimate of drug-likeness (QED) is 0.815. The number of fused-ring (bicyclic) bond motifs is 1. The Balaban J connectivity index is 2.09. The number of aliphatic imine (C=N–C) groups is 1. The molecule has 1 amide bonds. The fourth-order valence-electron chi connectivity index (χ4n) is 2.59. The van der Waals surface area contributed by atoms with E-state index in [4.69, 9.17) is 17.0 Å². The zero-order valence-corrected chi connectivity index (χ0v) is 13.3. The van der Waals surface area contributed by atoms with Crippen LogP contribution in [0, 0.1) is 0 Å². The molecule has 0 saturated heterocycles. The summed E-state index contributed by atoms with van der Waals surface area (Å²) in [4.78, 5) is 17.8. The van der Waals surface area contributed by atoms with Crippen LogP contribution in [0.5, 0.6) is 5.75 Å². The van der Waals surface area contributed by atoms with E-state index in [9.17, 15) is 4.79 Å². The zero-order chi connectivity index (χ0) is 15.7. The van der Waals surface area contributed by atoms with Gasteiger partial charge in [-0.1, -0.05) is 30.3 Å². The average Bonchev–Trinajstić information content (AvgIpc) is 2.77. The van der Waals surface area contributed by atoms with Gasteiger partial charge in [0.1, 0.15) is 11.5 Å². The normalized spacial score (nSPS) is 14.6. The number of benzene rings is 2. The summed E-state index contributed by atoms with van der Waals surface area (Å²) >= 11 is 5.08. The molecule has 0 atom stereocenters. The van der Waals surface area contributed by atoms with Crippen LogP contribution >= 0.6 is 12.2 Å². The number of hydrogen-bond donors (Lipinski definition) is 0. The Labute approximate surface area is 134 Å². The number of amides is 1. The number of thiocarbonyl (C=S) groups is 1. The Morgan fingerprint density at radius 2 is 2.00 bits per heavy atom. The summed E-state index contributed by atoms with van der Waals surface area (Å²) in [7, 11) is 1.65. The van der Waals surface area contributed by atoms with Crippen LogP contribution in [0.25, 0.3) is 10.8 Å². The fourth-order valence-corrected chi connectivity index (χ4v) is 2.78. The maximum absolute atomic E-state index is 12.2. The van der Waals surface area contributed by atoms with Crippen molar-refractivity contribution in [1.29, 1.82) is 0 Å². The highest BCUT2D eigenvalue weighted by atomic mass is 32.1. The van der Waals surface area contributed by atoms with Gasteiger partial charge >= 0.3 is 0 Å². The van der Waals surface area contributed by atoms with Gasteiger partial charge in [-0.15, -0.1) is 0 Å². The Bertz CT molecular complexity index is 798. The second-order valence-corrected chi connectivity index (χ2v) is 5.44. The summed E-state index contributed by atoms with van der Waals surface area (Å²) < 4.78 is 5.73. The summed E-state index contributed by atoms with van der Waals surface area (Å²) in [6, 6.07) is 12.0. The summed E-state index contributed by atoms with van der Waals surface area (Å²) in [5.74, 6) is 0.651. The molecule has 0 fully saturated rings. The van der Waals surface area contributed by atoms with Gasteiger partial charge in [-0.2, -0.15) is 0 Å². The van der Waals surface area contributed by atoms with Gasteiger partial charge in [-0.3, -0.25) is 9.69 Å². The van der Waals surface area contributed by atoms with Crippen LogP contribution < -0.4 is 4.74 Å². The second-order valence-electron chi connectivity index (χ2n) is 5.08. The molecule has 1 aliphatic heterocycles. The van der Waals surface area contributed by atoms with E-state index in [-0.39, 0.29) is 5.91 Å². The lowest BCUT2D eigenvalue weighted by molar-refractivity contribution is -0.119. The molecular weight excluding hydrogens is 296 g/mol. The molecule has 112 valence electrons. The standard InChI is InChI=1S/C17H16N2O2S/c1-3-21-15-9-8-11-6-4-5-7-12(11)13(15)10-14-16(20)19(2)17(22)18-14/h4-9H,3,10H2,1-2H3. The van der Waals surface area contributed by atoms with Gasteiger partial charge in [-0.25, -0.2) is 4.99 Å². The van der Waals surface area contributed by atoms with Crippen LogP contribution in [0.1, 0.15) is 12.5 Å². The third-order valence-corrected chi connectivity index (χ3v) is 4.08. The third-order valence-electron chi connectivity index (χ3n) is 3.71. The fraction of sp³-hybridized carbons (Fsp3) is 0.235. The van der Waals surface area contributed by atoms with Crippen LogP contribution in [0.4, 0.5) is 0 Å². The minimum atomic E-state index is -0.139. The Morgan fingerprint density at radius 3 is 2.68 bits per heavy atom. The first-order valence-corrected chi connectivity index (χ1v) is 7.55. The molecule has 1 aliphatic rings. The maximum Gasteiger partial charge on any atom is 0.274 e. The Kier molecular flexibility index (Phi) is 3.90. The van der Waals surface area contributed by atoms with Crippen LogP contribution in [0.15, 0.2) is 41.4 Å².